The Labute approximate surface area is 211 Å². The number of aryl methyl sites for hydroxylation is 1. The van der Waals surface area contributed by atoms with Gasteiger partial charge in [0.1, 0.15) is 11.7 Å². The van der Waals surface area contributed by atoms with Gasteiger partial charge in [0.05, 0.1) is 10.6 Å². The number of halogens is 3. The molecule has 1 aliphatic carbocycles. The molecule has 13 heteroatoms. The van der Waals surface area contributed by atoms with Gasteiger partial charge in [0.15, 0.2) is 21.3 Å². The quantitative estimate of drug-likeness (QED) is 0.453. The van der Waals surface area contributed by atoms with Crippen LogP contribution in [0.3, 0.4) is 0 Å². The Hall–Kier alpha value is -3.74. The zero-order chi connectivity index (χ0) is 27.0. The van der Waals surface area contributed by atoms with E-state index in [0.29, 0.717) is 11.6 Å². The van der Waals surface area contributed by atoms with Gasteiger partial charge in [-0.15, -0.1) is 10.2 Å². The molecule has 2 aromatic heterocycles. The number of nitrogens with one attached hydrogen (secondary N) is 1. The molecule has 196 valence electrons. The monoisotopic (exact) mass is 536 g/mol. The summed E-state index contributed by atoms with van der Waals surface area (Å²) in [4.78, 5) is 17.4. The molecule has 0 saturated heterocycles. The minimum absolute atomic E-state index is 0.0546. The first kappa shape index (κ1) is 26.3. The molecule has 0 unspecified atom stereocenters. The van der Waals surface area contributed by atoms with Crippen LogP contribution in [0.1, 0.15) is 46.6 Å². The van der Waals surface area contributed by atoms with Crippen LogP contribution in [0.5, 0.6) is 17.5 Å². The smallest absolute Gasteiger partial charge is 0.435 e. The number of carbonyl (C=O) groups is 1. The van der Waals surface area contributed by atoms with Crippen LogP contribution in [0.4, 0.5) is 18.9 Å². The number of ether oxygens (including phenoxy) is 2. The molecule has 0 bridgehead atoms. The van der Waals surface area contributed by atoms with E-state index < -0.39 is 44.6 Å². The molecule has 0 aliphatic heterocycles. The second-order valence-corrected chi connectivity index (χ2v) is 10.6. The number of pyridine rings is 1. The highest BCUT2D eigenvalue weighted by molar-refractivity contribution is 7.90. The number of sulfone groups is 1. The lowest BCUT2D eigenvalue weighted by molar-refractivity contribution is -0.142. The van der Waals surface area contributed by atoms with Gasteiger partial charge in [0, 0.05) is 18.0 Å². The van der Waals surface area contributed by atoms with Gasteiger partial charge in [-0.3, -0.25) is 4.79 Å². The SMILES string of the molecule is Cc1nc(OC2CCC2)ccc1Oc1nnc(C(F)(F)F)c(C)c1C(=O)Nc1cccc(S(C)(=O)=O)c1. The van der Waals surface area contributed by atoms with E-state index in [1.807, 2.05) is 0 Å². The fourth-order valence-electron chi connectivity index (χ4n) is 3.57. The van der Waals surface area contributed by atoms with Gasteiger partial charge < -0.3 is 14.8 Å². The summed E-state index contributed by atoms with van der Waals surface area (Å²) < 4.78 is 75.8. The summed E-state index contributed by atoms with van der Waals surface area (Å²) in [6.45, 7) is 2.69. The Morgan fingerprint density at radius 1 is 1.11 bits per heavy atom. The van der Waals surface area contributed by atoms with Crippen molar-refractivity contribution in [1.29, 1.82) is 0 Å². The minimum Gasteiger partial charge on any atom is -0.474 e. The molecule has 0 radical (unpaired) electrons. The summed E-state index contributed by atoms with van der Waals surface area (Å²) in [6.07, 6.45) is -0.834. The summed E-state index contributed by atoms with van der Waals surface area (Å²) in [5, 5.41) is 9.21. The van der Waals surface area contributed by atoms with Crippen LogP contribution in [0.15, 0.2) is 41.3 Å². The van der Waals surface area contributed by atoms with Crippen LogP contribution >= 0.6 is 0 Å². The van der Waals surface area contributed by atoms with Crippen LogP contribution in [0.2, 0.25) is 0 Å². The Morgan fingerprint density at radius 3 is 2.43 bits per heavy atom. The molecule has 3 aromatic rings. The standard InChI is InChI=1S/C24H23F3N4O5S/c1-13-20(22(32)29-15-6-4-9-17(12-15)37(3,33)34)23(31-30-21(13)24(25,26)27)36-18-10-11-19(28-14(18)2)35-16-7-5-8-16/h4,6,9-12,16H,5,7-8H2,1-3H3,(H,29,32). The Bertz CT molecular complexity index is 1460. The van der Waals surface area contributed by atoms with Gasteiger partial charge in [-0.2, -0.15) is 13.2 Å². The molecule has 1 saturated carbocycles. The average Bonchev–Trinajstić information content (AvgIpc) is 2.76. The second kappa shape index (κ2) is 9.96. The maximum Gasteiger partial charge on any atom is 0.435 e. The summed E-state index contributed by atoms with van der Waals surface area (Å²) >= 11 is 0. The maximum absolute atomic E-state index is 13.5. The van der Waals surface area contributed by atoms with E-state index in [2.05, 4.69) is 20.5 Å². The lowest BCUT2D eigenvalue weighted by Crippen LogP contribution is -2.25. The zero-order valence-electron chi connectivity index (χ0n) is 20.1. The largest absolute Gasteiger partial charge is 0.474 e. The predicted molar refractivity (Wildman–Crippen MR) is 127 cm³/mol. The van der Waals surface area contributed by atoms with Crippen LogP contribution < -0.4 is 14.8 Å². The Morgan fingerprint density at radius 2 is 1.84 bits per heavy atom. The molecule has 1 fully saturated rings. The lowest BCUT2D eigenvalue weighted by atomic mass is 9.96. The van der Waals surface area contributed by atoms with E-state index in [4.69, 9.17) is 9.47 Å². The number of benzene rings is 1. The summed E-state index contributed by atoms with van der Waals surface area (Å²) in [5.74, 6) is -0.940. The van der Waals surface area contributed by atoms with E-state index in [1.54, 1.807) is 13.0 Å². The van der Waals surface area contributed by atoms with Crippen molar-refractivity contribution in [2.75, 3.05) is 11.6 Å². The third-order valence-electron chi connectivity index (χ3n) is 5.76. The van der Waals surface area contributed by atoms with Crippen molar-refractivity contribution in [1.82, 2.24) is 15.2 Å². The molecule has 37 heavy (non-hydrogen) atoms. The van der Waals surface area contributed by atoms with Crippen molar-refractivity contribution in [2.24, 2.45) is 0 Å². The van der Waals surface area contributed by atoms with Crippen molar-refractivity contribution in [3.8, 4) is 17.5 Å². The Balaban J connectivity index is 1.69. The highest BCUT2D eigenvalue weighted by Crippen LogP contribution is 2.36. The summed E-state index contributed by atoms with van der Waals surface area (Å²) in [5.41, 5.74) is -1.96. The number of aromatic nitrogens is 3. The van der Waals surface area contributed by atoms with Crippen LogP contribution in [0.25, 0.3) is 0 Å². The topological polar surface area (TPSA) is 120 Å². The van der Waals surface area contributed by atoms with Gasteiger partial charge in [-0.25, -0.2) is 13.4 Å². The number of anilines is 1. The molecule has 2 heterocycles. The number of hydrogen-bond acceptors (Lipinski definition) is 8. The highest BCUT2D eigenvalue weighted by atomic mass is 32.2. The summed E-state index contributed by atoms with van der Waals surface area (Å²) in [6, 6.07) is 8.39. The fraction of sp³-hybridized carbons (Fsp3) is 0.333. The van der Waals surface area contributed by atoms with Crippen molar-refractivity contribution in [2.45, 2.75) is 50.3 Å². The van der Waals surface area contributed by atoms with Crippen molar-refractivity contribution >= 4 is 21.4 Å². The molecule has 1 aliphatic rings. The van der Waals surface area contributed by atoms with Gasteiger partial charge in [-0.05, 0) is 62.9 Å². The average molecular weight is 537 g/mol. The normalized spacial score (nSPS) is 14.1. The first-order valence-corrected chi connectivity index (χ1v) is 13.1. The third-order valence-corrected chi connectivity index (χ3v) is 6.87. The van der Waals surface area contributed by atoms with Crippen molar-refractivity contribution in [3.63, 3.8) is 0 Å². The molecular weight excluding hydrogens is 513 g/mol. The molecule has 9 nitrogen and oxygen atoms in total. The molecule has 0 spiro atoms. The van der Waals surface area contributed by atoms with Gasteiger partial charge in [0.2, 0.25) is 5.88 Å². The van der Waals surface area contributed by atoms with E-state index in [9.17, 15) is 26.4 Å². The molecule has 0 atom stereocenters. The van der Waals surface area contributed by atoms with E-state index in [-0.39, 0.29) is 22.4 Å². The van der Waals surface area contributed by atoms with Gasteiger partial charge in [-0.1, -0.05) is 6.07 Å². The van der Waals surface area contributed by atoms with Gasteiger partial charge >= 0.3 is 6.18 Å². The minimum atomic E-state index is -4.88. The number of amides is 1. The predicted octanol–water partition coefficient (Wildman–Crippen LogP) is 4.89. The molecule has 1 aromatic carbocycles. The first-order chi connectivity index (χ1) is 17.3. The fourth-order valence-corrected chi connectivity index (χ4v) is 4.23. The second-order valence-electron chi connectivity index (χ2n) is 8.61. The zero-order valence-corrected chi connectivity index (χ0v) is 20.9. The number of hydrogen-bond donors (Lipinski definition) is 1. The van der Waals surface area contributed by atoms with E-state index in [0.717, 1.165) is 32.4 Å². The molecule has 1 amide bonds. The number of rotatable bonds is 7. The van der Waals surface area contributed by atoms with Crippen LogP contribution in [0, 0.1) is 13.8 Å². The first-order valence-electron chi connectivity index (χ1n) is 11.2. The van der Waals surface area contributed by atoms with Gasteiger partial charge in [0.25, 0.3) is 11.8 Å². The Kier molecular flexibility index (Phi) is 7.09. The number of carbonyl (C=O) groups excluding carboxylic acids is 1. The number of nitrogens with zero attached hydrogens (tertiary/aromatic N) is 3. The highest BCUT2D eigenvalue weighted by Gasteiger charge is 2.38. The molecule has 4 rings (SSSR count). The van der Waals surface area contributed by atoms with Crippen LogP contribution in [-0.4, -0.2) is 41.9 Å². The van der Waals surface area contributed by atoms with Crippen LogP contribution in [-0.2, 0) is 16.0 Å². The van der Waals surface area contributed by atoms with E-state index in [1.165, 1.54) is 30.3 Å². The number of alkyl halides is 3. The van der Waals surface area contributed by atoms with Crippen molar-refractivity contribution < 1.29 is 35.9 Å². The maximum atomic E-state index is 13.5. The third kappa shape index (κ3) is 5.98. The molecule has 1 N–H and O–H groups in total. The summed E-state index contributed by atoms with van der Waals surface area (Å²) in [7, 11) is -3.59. The van der Waals surface area contributed by atoms with Crippen molar-refractivity contribution in [3.05, 3.63) is 58.9 Å². The van der Waals surface area contributed by atoms with E-state index >= 15 is 0 Å². The lowest BCUT2D eigenvalue weighted by Gasteiger charge is -2.25. The molecular formula is C24H23F3N4O5S.